The SMILES string of the molecule is CC(C)(C)[C@@H]1CCc2c(sc(N=Cc3ccc(Cl)c([N+](=O)[O-])c3)c2C#N)C1. The Bertz CT molecular complexity index is 967. The van der Waals surface area contributed by atoms with Crippen LogP contribution in [0.25, 0.3) is 0 Å². The number of thiophene rings is 1. The number of nitriles is 1. The molecule has 5 nitrogen and oxygen atoms in total. The third kappa shape index (κ3) is 4.05. The van der Waals surface area contributed by atoms with Gasteiger partial charge in [0.05, 0.1) is 10.5 Å². The van der Waals surface area contributed by atoms with Gasteiger partial charge >= 0.3 is 0 Å². The lowest BCUT2D eigenvalue weighted by Crippen LogP contribution is -2.26. The summed E-state index contributed by atoms with van der Waals surface area (Å²) in [5.74, 6) is 0.589. The molecule has 1 aliphatic rings. The number of aliphatic imine (C=N–C) groups is 1. The van der Waals surface area contributed by atoms with E-state index in [-0.39, 0.29) is 16.1 Å². The molecule has 3 rings (SSSR count). The van der Waals surface area contributed by atoms with E-state index in [4.69, 9.17) is 11.6 Å². The zero-order valence-corrected chi connectivity index (χ0v) is 17.0. The number of nitro benzene ring substituents is 1. The molecule has 140 valence electrons. The molecule has 7 heteroatoms. The van der Waals surface area contributed by atoms with Crippen LogP contribution in [0.2, 0.25) is 5.02 Å². The second kappa shape index (κ2) is 7.41. The molecule has 27 heavy (non-hydrogen) atoms. The van der Waals surface area contributed by atoms with Crippen LogP contribution in [0.1, 0.15) is 48.8 Å². The molecule has 0 fully saturated rings. The lowest BCUT2D eigenvalue weighted by molar-refractivity contribution is -0.384. The molecule has 1 aromatic carbocycles. The number of fused-ring (bicyclic) bond motifs is 1. The van der Waals surface area contributed by atoms with Gasteiger partial charge in [-0.2, -0.15) is 5.26 Å². The lowest BCUT2D eigenvalue weighted by Gasteiger charge is -2.33. The maximum Gasteiger partial charge on any atom is 0.288 e. The van der Waals surface area contributed by atoms with Crippen LogP contribution in [-0.2, 0) is 12.8 Å². The summed E-state index contributed by atoms with van der Waals surface area (Å²) in [6, 6.07) is 6.85. The molecule has 0 saturated heterocycles. The van der Waals surface area contributed by atoms with E-state index < -0.39 is 4.92 Å². The summed E-state index contributed by atoms with van der Waals surface area (Å²) in [6.45, 7) is 6.77. The van der Waals surface area contributed by atoms with Crippen LogP contribution < -0.4 is 0 Å². The van der Waals surface area contributed by atoms with Crippen LogP contribution in [0.4, 0.5) is 10.7 Å². The highest BCUT2D eigenvalue weighted by Crippen LogP contribution is 2.44. The maximum atomic E-state index is 11.0. The van der Waals surface area contributed by atoms with Crippen LogP contribution in [0.3, 0.4) is 0 Å². The average molecular weight is 402 g/mol. The van der Waals surface area contributed by atoms with E-state index in [1.54, 1.807) is 23.6 Å². The summed E-state index contributed by atoms with van der Waals surface area (Å²) in [4.78, 5) is 16.2. The van der Waals surface area contributed by atoms with E-state index in [1.807, 2.05) is 0 Å². The molecule has 0 N–H and O–H groups in total. The molecule has 0 saturated carbocycles. The number of halogens is 1. The van der Waals surface area contributed by atoms with E-state index in [0.29, 0.717) is 22.0 Å². The minimum atomic E-state index is -0.517. The first-order chi connectivity index (χ1) is 12.7. The van der Waals surface area contributed by atoms with Crippen molar-refractivity contribution >= 4 is 39.8 Å². The Morgan fingerprint density at radius 1 is 1.44 bits per heavy atom. The van der Waals surface area contributed by atoms with Gasteiger partial charge < -0.3 is 0 Å². The predicted molar refractivity (Wildman–Crippen MR) is 109 cm³/mol. The molecule has 1 atom stereocenters. The average Bonchev–Trinajstić information content (AvgIpc) is 2.96. The fraction of sp³-hybridized carbons (Fsp3) is 0.400. The summed E-state index contributed by atoms with van der Waals surface area (Å²) < 4.78 is 0. The van der Waals surface area contributed by atoms with Gasteiger partial charge in [0.15, 0.2) is 0 Å². The molecule has 2 aromatic rings. The molecule has 1 aromatic heterocycles. The van der Waals surface area contributed by atoms with Crippen LogP contribution >= 0.6 is 22.9 Å². The summed E-state index contributed by atoms with van der Waals surface area (Å²) in [6.07, 6.45) is 4.51. The minimum Gasteiger partial charge on any atom is -0.258 e. The van der Waals surface area contributed by atoms with Crippen molar-refractivity contribution in [2.45, 2.75) is 40.0 Å². The molecule has 1 aliphatic carbocycles. The zero-order chi connectivity index (χ0) is 19.8. The Morgan fingerprint density at radius 2 is 2.19 bits per heavy atom. The highest BCUT2D eigenvalue weighted by Gasteiger charge is 2.32. The Morgan fingerprint density at radius 3 is 2.81 bits per heavy atom. The monoisotopic (exact) mass is 401 g/mol. The number of nitrogens with zero attached hydrogens (tertiary/aromatic N) is 3. The standard InChI is InChI=1S/C20H20ClN3O2S/c1-20(2,3)13-5-6-14-15(10-22)19(27-18(14)9-13)23-11-12-4-7-16(21)17(8-12)24(25)26/h4,7-8,11,13H,5-6,9H2,1-3H3/t13-/m1/s1. The number of hydrogen-bond donors (Lipinski definition) is 0. The fourth-order valence-electron chi connectivity index (χ4n) is 3.40. The van der Waals surface area contributed by atoms with Gasteiger partial charge in [-0.25, -0.2) is 4.99 Å². The Hall–Kier alpha value is -2.23. The second-order valence-corrected chi connectivity index (χ2v) is 9.32. The Labute approximate surface area is 167 Å². The Balaban J connectivity index is 1.92. The van der Waals surface area contributed by atoms with Crippen molar-refractivity contribution < 1.29 is 4.92 Å². The summed E-state index contributed by atoms with van der Waals surface area (Å²) >= 11 is 7.41. The molecule has 0 radical (unpaired) electrons. The van der Waals surface area contributed by atoms with Gasteiger partial charge in [0.25, 0.3) is 5.69 Å². The molecule has 0 bridgehead atoms. The first-order valence-electron chi connectivity index (χ1n) is 8.73. The summed E-state index contributed by atoms with van der Waals surface area (Å²) in [5, 5.41) is 21.4. The highest BCUT2D eigenvalue weighted by molar-refractivity contribution is 7.16. The normalized spacial score (nSPS) is 16.9. The number of benzene rings is 1. The third-order valence-corrected chi connectivity index (χ3v) is 6.56. The van der Waals surface area contributed by atoms with Crippen molar-refractivity contribution in [2.75, 3.05) is 0 Å². The van der Waals surface area contributed by atoms with Crippen LogP contribution in [0.15, 0.2) is 23.2 Å². The van der Waals surface area contributed by atoms with Crippen molar-refractivity contribution in [2.24, 2.45) is 16.3 Å². The van der Waals surface area contributed by atoms with Crippen LogP contribution in [0.5, 0.6) is 0 Å². The number of nitro groups is 1. The smallest absolute Gasteiger partial charge is 0.258 e. The molecule has 0 spiro atoms. The first-order valence-corrected chi connectivity index (χ1v) is 9.92. The molecule has 0 amide bonds. The third-order valence-electron chi connectivity index (χ3n) is 5.08. The van der Waals surface area contributed by atoms with Gasteiger partial charge in [-0.05, 0) is 47.8 Å². The molecular weight excluding hydrogens is 382 g/mol. The molecule has 0 aliphatic heterocycles. The van der Waals surface area contributed by atoms with Crippen molar-refractivity contribution in [1.29, 1.82) is 5.26 Å². The van der Waals surface area contributed by atoms with Gasteiger partial charge in [-0.3, -0.25) is 10.1 Å². The molecular formula is C20H20ClN3O2S. The predicted octanol–water partition coefficient (Wildman–Crippen LogP) is 6.08. The fourth-order valence-corrected chi connectivity index (χ4v) is 4.81. The highest BCUT2D eigenvalue weighted by atomic mass is 35.5. The van der Waals surface area contributed by atoms with E-state index >= 15 is 0 Å². The van der Waals surface area contributed by atoms with E-state index in [1.165, 1.54) is 17.0 Å². The summed E-state index contributed by atoms with van der Waals surface area (Å²) in [5.41, 5.74) is 2.42. The van der Waals surface area contributed by atoms with Gasteiger partial charge in [0.1, 0.15) is 16.1 Å². The first kappa shape index (κ1) is 19.5. The van der Waals surface area contributed by atoms with Crippen LogP contribution in [0, 0.1) is 32.8 Å². The van der Waals surface area contributed by atoms with Crippen molar-refractivity contribution in [3.63, 3.8) is 0 Å². The molecule has 1 heterocycles. The van der Waals surface area contributed by atoms with Gasteiger partial charge in [0, 0.05) is 17.2 Å². The van der Waals surface area contributed by atoms with Gasteiger partial charge in [-0.1, -0.05) is 38.4 Å². The quantitative estimate of drug-likeness (QED) is 0.355. The minimum absolute atomic E-state index is 0.0923. The largest absolute Gasteiger partial charge is 0.288 e. The van der Waals surface area contributed by atoms with E-state index in [2.05, 4.69) is 31.8 Å². The van der Waals surface area contributed by atoms with Gasteiger partial charge in [0.2, 0.25) is 0 Å². The van der Waals surface area contributed by atoms with Crippen LogP contribution in [-0.4, -0.2) is 11.1 Å². The zero-order valence-electron chi connectivity index (χ0n) is 15.5. The van der Waals surface area contributed by atoms with E-state index in [0.717, 1.165) is 24.8 Å². The van der Waals surface area contributed by atoms with E-state index in [9.17, 15) is 15.4 Å². The van der Waals surface area contributed by atoms with Crippen molar-refractivity contribution in [1.82, 2.24) is 0 Å². The molecule has 0 unspecified atom stereocenters. The number of hydrogen-bond acceptors (Lipinski definition) is 5. The van der Waals surface area contributed by atoms with Crippen molar-refractivity contribution in [3.8, 4) is 6.07 Å². The second-order valence-electron chi connectivity index (χ2n) is 7.83. The maximum absolute atomic E-state index is 11.0. The topological polar surface area (TPSA) is 79.3 Å². The summed E-state index contributed by atoms with van der Waals surface area (Å²) in [7, 11) is 0. The van der Waals surface area contributed by atoms with Gasteiger partial charge in [-0.15, -0.1) is 11.3 Å². The number of rotatable bonds is 3. The Kier molecular flexibility index (Phi) is 5.36. The van der Waals surface area contributed by atoms with Crippen molar-refractivity contribution in [3.05, 3.63) is 54.9 Å². The lowest BCUT2D eigenvalue weighted by atomic mass is 9.72.